The highest BCUT2D eigenvalue weighted by atomic mass is 35.5. The van der Waals surface area contributed by atoms with Crippen LogP contribution in [0.3, 0.4) is 0 Å². The first-order valence-electron chi connectivity index (χ1n) is 16.7. The number of halogens is 2. The van der Waals surface area contributed by atoms with Crippen LogP contribution in [0.15, 0.2) is 167 Å². The molecule has 1 aromatic heterocycles. The van der Waals surface area contributed by atoms with Crippen molar-refractivity contribution in [2.75, 3.05) is 10.6 Å². The fourth-order valence-corrected chi connectivity index (χ4v) is 6.82. The van der Waals surface area contributed by atoms with Gasteiger partial charge in [0, 0.05) is 33.0 Å². The van der Waals surface area contributed by atoms with Crippen LogP contribution >= 0.6 is 23.4 Å². The normalized spacial score (nSPS) is 11.9. The summed E-state index contributed by atoms with van der Waals surface area (Å²) in [6.45, 7) is 0. The average Bonchev–Trinajstić information content (AvgIpc) is 3.63. The lowest BCUT2D eigenvalue weighted by atomic mass is 10.1. The van der Waals surface area contributed by atoms with Gasteiger partial charge >= 0.3 is 0 Å². The molecule has 1 atom stereocenters. The van der Waals surface area contributed by atoms with Gasteiger partial charge in [0.15, 0.2) is 5.58 Å². The molecule has 7 rings (SSSR count). The number of thioether (sulfide) groups is 1. The van der Waals surface area contributed by atoms with Crippen LogP contribution in [-0.4, -0.2) is 22.7 Å². The molecule has 54 heavy (non-hydrogen) atoms. The Morgan fingerprint density at radius 3 is 2.19 bits per heavy atom. The van der Waals surface area contributed by atoms with E-state index in [1.165, 1.54) is 36.0 Å². The van der Waals surface area contributed by atoms with E-state index in [-0.39, 0.29) is 22.2 Å². The largest absolute Gasteiger partial charge is 0.436 e. The Morgan fingerprint density at radius 1 is 0.741 bits per heavy atom. The molecule has 3 N–H and O–H groups in total. The summed E-state index contributed by atoms with van der Waals surface area (Å²) in [5, 5.41) is 7.81. The molecule has 0 saturated carbocycles. The summed E-state index contributed by atoms with van der Waals surface area (Å²) in [7, 11) is 0. The van der Waals surface area contributed by atoms with Crippen molar-refractivity contribution < 1.29 is 23.2 Å². The number of oxazole rings is 1. The molecule has 0 bridgehead atoms. The zero-order chi connectivity index (χ0) is 37.4. The van der Waals surface area contributed by atoms with Crippen molar-refractivity contribution in [3.8, 4) is 11.5 Å². The molecule has 8 nitrogen and oxygen atoms in total. The van der Waals surface area contributed by atoms with Gasteiger partial charge < -0.3 is 20.4 Å². The third kappa shape index (κ3) is 8.58. The van der Waals surface area contributed by atoms with Gasteiger partial charge in [-0.15, -0.1) is 11.8 Å². The quantitative estimate of drug-likeness (QED) is 0.0896. The lowest BCUT2D eigenvalue weighted by Crippen LogP contribution is -2.30. The highest BCUT2D eigenvalue weighted by Crippen LogP contribution is 2.37. The van der Waals surface area contributed by atoms with E-state index in [9.17, 15) is 18.8 Å². The smallest absolute Gasteiger partial charge is 0.272 e. The highest BCUT2D eigenvalue weighted by molar-refractivity contribution is 8.00. The number of carbonyl (C=O) groups excluding carboxylic acids is 3. The molecule has 3 amide bonds. The minimum atomic E-state index is -0.709. The number of aromatic nitrogens is 1. The van der Waals surface area contributed by atoms with Gasteiger partial charge in [0.1, 0.15) is 22.3 Å². The fraction of sp³-hybridized carbons (Fsp3) is 0.0233. The van der Waals surface area contributed by atoms with Gasteiger partial charge in [-0.1, -0.05) is 84.4 Å². The fourth-order valence-electron chi connectivity index (χ4n) is 5.52. The highest BCUT2D eigenvalue weighted by Gasteiger charge is 2.23. The number of rotatable bonds is 11. The third-order valence-electron chi connectivity index (χ3n) is 8.20. The molecule has 0 aliphatic rings. The topological polar surface area (TPSA) is 113 Å². The first-order valence-corrected chi connectivity index (χ1v) is 18.0. The molecule has 1 unspecified atom stereocenters. The van der Waals surface area contributed by atoms with Crippen LogP contribution in [0.25, 0.3) is 28.6 Å². The van der Waals surface area contributed by atoms with Crippen LogP contribution in [0.2, 0.25) is 5.02 Å². The maximum atomic E-state index is 14.8. The molecule has 7 aromatic rings. The van der Waals surface area contributed by atoms with E-state index in [0.29, 0.717) is 33.3 Å². The van der Waals surface area contributed by atoms with Crippen LogP contribution < -0.4 is 16.0 Å². The predicted molar refractivity (Wildman–Crippen MR) is 211 cm³/mol. The monoisotopic (exact) mass is 752 g/mol. The van der Waals surface area contributed by atoms with Gasteiger partial charge in [-0.05, 0) is 90.5 Å². The van der Waals surface area contributed by atoms with Crippen LogP contribution in [-0.2, 0) is 9.59 Å². The number of fused-ring (bicyclic) bond motifs is 1. The molecule has 1 heterocycles. The van der Waals surface area contributed by atoms with E-state index in [2.05, 4.69) is 20.9 Å². The zero-order valence-electron chi connectivity index (χ0n) is 28.3. The Balaban J connectivity index is 1.10. The number of nitrogens with zero attached hydrogens (tertiary/aromatic N) is 1. The lowest BCUT2D eigenvalue weighted by molar-refractivity contribution is -0.116. The standard InChI is InChI=1S/C43H30ClFN4O4S/c44-34-17-10-18-35(45)33(34)26-37(48-40(50)28-13-5-2-6-14-28)41(51)47-31-15-9-16-32(25-31)54-39(27-11-3-1-4-12-27)42(52)46-30-23-21-29(22-24-30)43-49-36-19-7-8-20-38(36)53-43/h1-26,39H,(H,46,52)(H,47,51)(H,48,50)/b37-26+. The van der Waals surface area contributed by atoms with Crippen molar-refractivity contribution in [3.05, 3.63) is 185 Å². The maximum absolute atomic E-state index is 14.8. The van der Waals surface area contributed by atoms with E-state index in [1.807, 2.05) is 72.8 Å². The van der Waals surface area contributed by atoms with Gasteiger partial charge in [0.05, 0.1) is 5.02 Å². The van der Waals surface area contributed by atoms with Crippen molar-refractivity contribution in [3.63, 3.8) is 0 Å². The number of hydrogen-bond acceptors (Lipinski definition) is 6. The molecular formula is C43H30ClFN4O4S. The lowest BCUT2D eigenvalue weighted by Gasteiger charge is -2.18. The zero-order valence-corrected chi connectivity index (χ0v) is 29.9. The first kappa shape index (κ1) is 35.9. The molecule has 0 aliphatic heterocycles. The Labute approximate surface area is 319 Å². The van der Waals surface area contributed by atoms with Crippen LogP contribution in [0.5, 0.6) is 0 Å². The van der Waals surface area contributed by atoms with Crippen LogP contribution in [0.4, 0.5) is 15.8 Å². The molecule has 0 spiro atoms. The van der Waals surface area contributed by atoms with Gasteiger partial charge in [-0.3, -0.25) is 14.4 Å². The number of amides is 3. The second-order valence-electron chi connectivity index (χ2n) is 12.0. The summed E-state index contributed by atoms with van der Waals surface area (Å²) >= 11 is 7.56. The second-order valence-corrected chi connectivity index (χ2v) is 13.5. The van der Waals surface area contributed by atoms with Crippen molar-refractivity contribution in [1.82, 2.24) is 10.3 Å². The van der Waals surface area contributed by atoms with Gasteiger partial charge in [-0.25, -0.2) is 9.37 Å². The molecular weight excluding hydrogens is 723 g/mol. The van der Waals surface area contributed by atoms with Crippen molar-refractivity contribution >= 4 is 69.6 Å². The molecule has 0 saturated heterocycles. The first-order chi connectivity index (χ1) is 26.3. The SMILES string of the molecule is O=C(Nc1cccc(SC(C(=O)Nc2ccc(-c3nc4ccccc4o3)cc2)c2ccccc2)c1)/C(=C\c1c(F)cccc1Cl)NC(=O)c1ccccc1. The average molecular weight is 753 g/mol. The van der Waals surface area contributed by atoms with E-state index in [1.54, 1.807) is 60.7 Å². The molecule has 0 aliphatic carbocycles. The Kier molecular flexibility index (Phi) is 10.9. The summed E-state index contributed by atoms with van der Waals surface area (Å²) in [6.07, 6.45) is 1.20. The second kappa shape index (κ2) is 16.5. The summed E-state index contributed by atoms with van der Waals surface area (Å²) in [5.41, 5.74) is 3.99. The van der Waals surface area contributed by atoms with Crippen molar-refractivity contribution in [1.29, 1.82) is 0 Å². The Hall–Kier alpha value is -6.49. The summed E-state index contributed by atoms with van der Waals surface area (Å²) < 4.78 is 20.7. The van der Waals surface area contributed by atoms with E-state index < -0.39 is 22.9 Å². The molecule has 266 valence electrons. The van der Waals surface area contributed by atoms with Crippen LogP contribution in [0.1, 0.15) is 26.7 Å². The number of anilines is 2. The molecule has 6 aromatic carbocycles. The third-order valence-corrected chi connectivity index (χ3v) is 9.77. The Morgan fingerprint density at radius 2 is 1.44 bits per heavy atom. The van der Waals surface area contributed by atoms with Crippen molar-refractivity contribution in [2.24, 2.45) is 0 Å². The molecule has 11 heteroatoms. The van der Waals surface area contributed by atoms with E-state index in [0.717, 1.165) is 16.6 Å². The minimum absolute atomic E-state index is 0.0560. The summed E-state index contributed by atoms with van der Waals surface area (Å²) in [4.78, 5) is 45.9. The van der Waals surface area contributed by atoms with E-state index in [4.69, 9.17) is 16.0 Å². The predicted octanol–water partition coefficient (Wildman–Crippen LogP) is 10.2. The molecule has 0 radical (unpaired) electrons. The number of para-hydroxylation sites is 2. The van der Waals surface area contributed by atoms with Gasteiger partial charge in [-0.2, -0.15) is 0 Å². The van der Waals surface area contributed by atoms with Gasteiger partial charge in [0.25, 0.3) is 11.8 Å². The number of carbonyl (C=O) groups is 3. The van der Waals surface area contributed by atoms with Gasteiger partial charge in [0.2, 0.25) is 11.8 Å². The van der Waals surface area contributed by atoms with Crippen LogP contribution in [0, 0.1) is 5.82 Å². The summed E-state index contributed by atoms with van der Waals surface area (Å²) in [5.74, 6) is -1.71. The maximum Gasteiger partial charge on any atom is 0.272 e. The minimum Gasteiger partial charge on any atom is -0.436 e. The summed E-state index contributed by atoms with van der Waals surface area (Å²) in [6, 6.07) is 43.6. The number of hydrogen-bond donors (Lipinski definition) is 3. The number of nitrogens with one attached hydrogen (secondary N) is 3. The Bertz CT molecular complexity index is 2440. The van der Waals surface area contributed by atoms with Crippen molar-refractivity contribution in [2.45, 2.75) is 10.1 Å². The molecule has 0 fully saturated rings. The van der Waals surface area contributed by atoms with E-state index >= 15 is 0 Å². The number of benzene rings is 6.